The SMILES string of the molecule is COc1ccc(Oc2ccc([N+](=O)[O-])c(C)c2)cc1.COc1ccc(Oc2ccc3[nH]ccc3c2)cc1.COc1ccc(Oc2ccc3n[nH]c(C=O)c3c2)cc1.Cc1cc(F)ccc1[N+](=O)[O-].Cc1ccc(O)cc1. The summed E-state index contributed by atoms with van der Waals surface area (Å²) in [6.07, 6.45) is 2.66. The van der Waals surface area contributed by atoms with Gasteiger partial charge in [0.25, 0.3) is 11.4 Å². The van der Waals surface area contributed by atoms with Crippen LogP contribution in [-0.4, -0.2) is 57.8 Å². The van der Waals surface area contributed by atoms with Gasteiger partial charge < -0.3 is 38.5 Å². The second kappa shape index (κ2) is 27.0. The van der Waals surface area contributed by atoms with Crippen molar-refractivity contribution in [2.24, 2.45) is 0 Å². The molecule has 0 radical (unpaired) electrons. The van der Waals surface area contributed by atoms with Crippen molar-refractivity contribution in [3.05, 3.63) is 231 Å². The highest BCUT2D eigenvalue weighted by Gasteiger charge is 2.12. The molecule has 0 bridgehead atoms. The normalized spacial score (nSPS) is 10.1. The molecule has 0 saturated heterocycles. The van der Waals surface area contributed by atoms with Gasteiger partial charge in [0.15, 0.2) is 6.29 Å². The zero-order chi connectivity index (χ0) is 54.6. The van der Waals surface area contributed by atoms with Gasteiger partial charge in [-0.05, 0) is 172 Å². The Morgan fingerprint density at radius 1 is 0.526 bits per heavy atom. The van der Waals surface area contributed by atoms with Crippen LogP contribution in [0.3, 0.4) is 0 Å². The van der Waals surface area contributed by atoms with E-state index >= 15 is 0 Å². The van der Waals surface area contributed by atoms with Gasteiger partial charge in [0, 0.05) is 45.7 Å². The molecule has 17 nitrogen and oxygen atoms in total. The standard InChI is InChI=1S/C15H12N2O3.C15H13NO2.C14H13NO4.C7H6FNO2.C7H8O/c1-19-10-2-4-11(5-3-10)20-12-6-7-14-13(8-12)15(9-18)17-16-14;1-17-12-2-4-13(5-3-12)18-14-6-7-15-11(10-14)8-9-16-15;1-10-9-13(7-8-14(10)15(16)17)19-12-5-3-11(18-2)4-6-12;1-5-4-6(8)2-3-7(5)9(10)11;1-6-2-4-7(8)5-3-6/h2-9H,1H3,(H,16,17);2-10,16H,1H3;3-9H,1-2H3;2-4H,1H3;2-5,8H,1H3. The number of phenolic OH excluding ortho intramolecular Hbond substituents is 1. The van der Waals surface area contributed by atoms with E-state index in [1.54, 1.807) is 88.9 Å². The van der Waals surface area contributed by atoms with E-state index in [4.69, 9.17) is 33.5 Å². The Morgan fingerprint density at radius 2 is 0.961 bits per heavy atom. The van der Waals surface area contributed by atoms with E-state index < -0.39 is 15.7 Å². The first-order valence-electron chi connectivity index (χ1n) is 23.0. The molecule has 0 amide bonds. The molecule has 0 aliphatic carbocycles. The van der Waals surface area contributed by atoms with E-state index in [0.717, 1.165) is 75.0 Å². The average molecular weight is 1030 g/mol. The van der Waals surface area contributed by atoms with Crippen LogP contribution in [0.15, 0.2) is 182 Å². The predicted molar refractivity (Wildman–Crippen MR) is 287 cm³/mol. The molecule has 2 aromatic heterocycles. The van der Waals surface area contributed by atoms with Crippen LogP contribution in [0.5, 0.6) is 57.5 Å². The monoisotopic (exact) mass is 1030 g/mol. The number of carbonyl (C=O) groups is 1. The number of H-pyrrole nitrogens is 2. The highest BCUT2D eigenvalue weighted by molar-refractivity contribution is 5.95. The van der Waals surface area contributed by atoms with Gasteiger partial charge in [0.05, 0.1) is 36.7 Å². The van der Waals surface area contributed by atoms with Crippen molar-refractivity contribution >= 4 is 39.5 Å². The maximum atomic E-state index is 12.4. The summed E-state index contributed by atoms with van der Waals surface area (Å²) in [5, 5.41) is 38.3. The topological polar surface area (TPSA) is 223 Å². The summed E-state index contributed by atoms with van der Waals surface area (Å²) in [6, 6.07) is 50.4. The summed E-state index contributed by atoms with van der Waals surface area (Å²) in [6.45, 7) is 5.17. The first-order chi connectivity index (χ1) is 36.6. The van der Waals surface area contributed by atoms with Crippen LogP contribution in [0.4, 0.5) is 15.8 Å². The quantitative estimate of drug-likeness (QED) is 0.0589. The van der Waals surface area contributed by atoms with Gasteiger partial charge in [-0.1, -0.05) is 17.7 Å². The molecule has 10 rings (SSSR count). The van der Waals surface area contributed by atoms with Crippen LogP contribution in [0.2, 0.25) is 0 Å². The number of aryl methyl sites for hydroxylation is 3. The molecule has 2 heterocycles. The molecule has 0 aliphatic heterocycles. The van der Waals surface area contributed by atoms with Gasteiger partial charge in [-0.3, -0.25) is 30.1 Å². The zero-order valence-corrected chi connectivity index (χ0v) is 42.1. The highest BCUT2D eigenvalue weighted by Crippen LogP contribution is 2.30. The average Bonchev–Trinajstić information content (AvgIpc) is 4.08. The lowest BCUT2D eigenvalue weighted by molar-refractivity contribution is -0.385. The fourth-order valence-electron chi connectivity index (χ4n) is 6.86. The lowest BCUT2D eigenvalue weighted by Crippen LogP contribution is -1.92. The molecular formula is C58H52FN5O12. The smallest absolute Gasteiger partial charge is 0.272 e. The summed E-state index contributed by atoms with van der Waals surface area (Å²) in [4.78, 5) is 34.0. The van der Waals surface area contributed by atoms with Crippen molar-refractivity contribution in [2.45, 2.75) is 20.8 Å². The number of halogens is 1. The Bertz CT molecular complexity index is 3470. The van der Waals surface area contributed by atoms with Crippen molar-refractivity contribution in [3.8, 4) is 57.5 Å². The number of carbonyl (C=O) groups excluding carboxylic acids is 1. The maximum Gasteiger partial charge on any atom is 0.272 e. The van der Waals surface area contributed by atoms with Crippen LogP contribution in [-0.2, 0) is 0 Å². The van der Waals surface area contributed by atoms with Crippen LogP contribution in [0, 0.1) is 46.8 Å². The molecule has 8 aromatic carbocycles. The second-order valence-corrected chi connectivity index (χ2v) is 16.2. The molecule has 0 atom stereocenters. The molecule has 0 saturated carbocycles. The molecule has 0 aliphatic rings. The van der Waals surface area contributed by atoms with Crippen LogP contribution >= 0.6 is 0 Å². The number of nitro groups is 2. The van der Waals surface area contributed by atoms with Gasteiger partial charge in [-0.15, -0.1) is 0 Å². The van der Waals surface area contributed by atoms with E-state index in [0.29, 0.717) is 45.6 Å². The third-order valence-corrected chi connectivity index (χ3v) is 10.8. The number of nitrogens with zero attached hydrogens (tertiary/aromatic N) is 3. The Kier molecular flexibility index (Phi) is 19.6. The Hall–Kier alpha value is -10.2. The summed E-state index contributed by atoms with van der Waals surface area (Å²) in [5.41, 5.74) is 4.40. The summed E-state index contributed by atoms with van der Waals surface area (Å²) in [5.74, 6) is 6.39. The van der Waals surface area contributed by atoms with Gasteiger partial charge in [0.2, 0.25) is 0 Å². The number of phenols is 1. The maximum absolute atomic E-state index is 12.4. The number of ether oxygens (including phenoxy) is 6. The van der Waals surface area contributed by atoms with Crippen LogP contribution < -0.4 is 28.4 Å². The minimum atomic E-state index is -0.533. The number of hydrogen-bond donors (Lipinski definition) is 3. The van der Waals surface area contributed by atoms with Gasteiger partial charge >= 0.3 is 0 Å². The number of aromatic nitrogens is 3. The van der Waals surface area contributed by atoms with Gasteiger partial charge in [-0.2, -0.15) is 5.10 Å². The van der Waals surface area contributed by atoms with E-state index in [-0.39, 0.29) is 11.4 Å². The highest BCUT2D eigenvalue weighted by atomic mass is 19.1. The fraction of sp³-hybridized carbons (Fsp3) is 0.103. The van der Waals surface area contributed by atoms with Crippen LogP contribution in [0.1, 0.15) is 27.2 Å². The third-order valence-electron chi connectivity index (χ3n) is 10.8. The molecule has 76 heavy (non-hydrogen) atoms. The zero-order valence-electron chi connectivity index (χ0n) is 42.1. The number of methoxy groups -OCH3 is 3. The summed E-state index contributed by atoms with van der Waals surface area (Å²) >= 11 is 0. The largest absolute Gasteiger partial charge is 0.508 e. The van der Waals surface area contributed by atoms with Crippen molar-refractivity contribution in [2.75, 3.05) is 21.3 Å². The Labute approximate surface area is 435 Å². The van der Waals surface area contributed by atoms with E-state index in [1.165, 1.54) is 18.6 Å². The number of aromatic amines is 2. The molecule has 18 heteroatoms. The van der Waals surface area contributed by atoms with E-state index in [2.05, 4.69) is 15.2 Å². The van der Waals surface area contributed by atoms with Gasteiger partial charge in [-0.25, -0.2) is 4.39 Å². The molecule has 10 aromatic rings. The minimum absolute atomic E-state index is 0.0496. The second-order valence-electron chi connectivity index (χ2n) is 16.2. The first kappa shape index (κ1) is 55.1. The molecule has 388 valence electrons. The number of benzene rings is 8. The number of nitrogens with one attached hydrogen (secondary N) is 2. The van der Waals surface area contributed by atoms with E-state index in [9.17, 15) is 29.4 Å². The number of fused-ring (bicyclic) bond motifs is 2. The molecule has 0 unspecified atom stereocenters. The van der Waals surface area contributed by atoms with Crippen molar-refractivity contribution in [1.82, 2.24) is 15.2 Å². The minimum Gasteiger partial charge on any atom is -0.508 e. The summed E-state index contributed by atoms with van der Waals surface area (Å²) < 4.78 is 44.8. The summed E-state index contributed by atoms with van der Waals surface area (Å²) in [7, 11) is 4.86. The van der Waals surface area contributed by atoms with Crippen molar-refractivity contribution in [3.63, 3.8) is 0 Å². The van der Waals surface area contributed by atoms with E-state index in [1.807, 2.05) is 104 Å². The van der Waals surface area contributed by atoms with Gasteiger partial charge in [0.1, 0.15) is 69.0 Å². The predicted octanol–water partition coefficient (Wildman–Crippen LogP) is 14.6. The molecular weight excluding hydrogens is 978 g/mol. The molecule has 0 fully saturated rings. The fourth-order valence-corrected chi connectivity index (χ4v) is 6.86. The number of hydrogen-bond acceptors (Lipinski definition) is 13. The number of rotatable bonds is 12. The first-order valence-corrected chi connectivity index (χ1v) is 23.0. The van der Waals surface area contributed by atoms with Crippen molar-refractivity contribution in [1.29, 1.82) is 0 Å². The third kappa shape index (κ3) is 16.1. The molecule has 0 spiro atoms. The lowest BCUT2D eigenvalue weighted by atomic mass is 10.2. The molecule has 3 N–H and O–H groups in total. The number of aromatic hydroxyl groups is 1. The number of aldehydes is 1. The Morgan fingerprint density at radius 3 is 1.42 bits per heavy atom. The lowest BCUT2D eigenvalue weighted by Gasteiger charge is -2.07. The van der Waals surface area contributed by atoms with Crippen molar-refractivity contribution < 1.29 is 52.6 Å². The Balaban J connectivity index is 0.000000159. The van der Waals surface area contributed by atoms with Crippen LogP contribution in [0.25, 0.3) is 21.8 Å². The number of nitro benzene ring substituents is 2.